The van der Waals surface area contributed by atoms with E-state index in [-0.39, 0.29) is 0 Å². The van der Waals surface area contributed by atoms with Crippen LogP contribution in [0.3, 0.4) is 0 Å². The van der Waals surface area contributed by atoms with Crippen LogP contribution in [0.15, 0.2) is 30.7 Å². The molecule has 4 heteroatoms. The van der Waals surface area contributed by atoms with Crippen LogP contribution in [0, 0.1) is 0 Å². The van der Waals surface area contributed by atoms with Gasteiger partial charge in [-0.3, -0.25) is 0 Å². The number of fused-ring (bicyclic) bond motifs is 1. The minimum Gasteiger partial charge on any atom is -0.490 e. The van der Waals surface area contributed by atoms with Crippen LogP contribution in [0.25, 0.3) is 10.9 Å². The molecule has 1 aromatic carbocycles. The molecule has 0 atom stereocenters. The van der Waals surface area contributed by atoms with Crippen LogP contribution in [-0.4, -0.2) is 29.2 Å². The summed E-state index contributed by atoms with van der Waals surface area (Å²) >= 11 is 0. The minimum absolute atomic E-state index is 0.307. The summed E-state index contributed by atoms with van der Waals surface area (Å²) in [7, 11) is 0. The average molecular weight is 229 g/mol. The predicted octanol–water partition coefficient (Wildman–Crippen LogP) is 1.76. The Balaban J connectivity index is 1.89. The molecule has 1 N–H and O–H groups in total. The number of aromatic nitrogens is 2. The highest BCUT2D eigenvalue weighted by Crippen LogP contribution is 2.25. The van der Waals surface area contributed by atoms with Crippen molar-refractivity contribution in [2.45, 2.75) is 18.9 Å². The van der Waals surface area contributed by atoms with Gasteiger partial charge < -0.3 is 10.1 Å². The van der Waals surface area contributed by atoms with Crippen molar-refractivity contribution in [3.63, 3.8) is 0 Å². The summed E-state index contributed by atoms with van der Waals surface area (Å²) in [5.41, 5.74) is 0.937. The molecule has 0 radical (unpaired) electrons. The van der Waals surface area contributed by atoms with Gasteiger partial charge in [0, 0.05) is 6.20 Å². The first-order chi connectivity index (χ1) is 8.43. The molecule has 1 aliphatic rings. The summed E-state index contributed by atoms with van der Waals surface area (Å²) in [5.74, 6) is 0.898. The second-order valence-electron chi connectivity index (χ2n) is 4.28. The summed E-state index contributed by atoms with van der Waals surface area (Å²) in [5, 5.41) is 4.33. The minimum atomic E-state index is 0.307. The summed E-state index contributed by atoms with van der Waals surface area (Å²) in [4.78, 5) is 8.29. The number of nitrogens with zero attached hydrogens (tertiary/aromatic N) is 2. The summed E-state index contributed by atoms with van der Waals surface area (Å²) in [6, 6.07) is 5.95. The Labute approximate surface area is 100 Å². The third-order valence-electron chi connectivity index (χ3n) is 3.09. The van der Waals surface area contributed by atoms with Crippen molar-refractivity contribution in [1.29, 1.82) is 0 Å². The summed E-state index contributed by atoms with van der Waals surface area (Å²) < 4.78 is 6.05. The van der Waals surface area contributed by atoms with Crippen LogP contribution in [0.5, 0.6) is 5.75 Å². The molecular weight excluding hydrogens is 214 g/mol. The lowest BCUT2D eigenvalue weighted by Gasteiger charge is -2.24. The molecule has 1 saturated heterocycles. The predicted molar refractivity (Wildman–Crippen MR) is 66.1 cm³/mol. The lowest BCUT2D eigenvalue weighted by Crippen LogP contribution is -2.34. The Kier molecular flexibility index (Phi) is 2.88. The van der Waals surface area contributed by atoms with E-state index in [1.165, 1.54) is 0 Å². The maximum Gasteiger partial charge on any atom is 0.130 e. The molecule has 0 amide bonds. The topological polar surface area (TPSA) is 47.0 Å². The van der Waals surface area contributed by atoms with Gasteiger partial charge in [-0.25, -0.2) is 9.97 Å². The molecule has 1 aliphatic heterocycles. The first-order valence-corrected chi connectivity index (χ1v) is 5.99. The number of hydrogen-bond donors (Lipinski definition) is 1. The van der Waals surface area contributed by atoms with Gasteiger partial charge in [0.25, 0.3) is 0 Å². The lowest BCUT2D eigenvalue weighted by atomic mass is 10.1. The highest BCUT2D eigenvalue weighted by atomic mass is 16.5. The lowest BCUT2D eigenvalue weighted by molar-refractivity contribution is 0.164. The van der Waals surface area contributed by atoms with Crippen LogP contribution < -0.4 is 10.1 Å². The van der Waals surface area contributed by atoms with Gasteiger partial charge in [-0.05, 0) is 38.1 Å². The van der Waals surface area contributed by atoms with Gasteiger partial charge in [-0.2, -0.15) is 0 Å². The van der Waals surface area contributed by atoms with Crippen molar-refractivity contribution in [2.75, 3.05) is 13.1 Å². The van der Waals surface area contributed by atoms with E-state index >= 15 is 0 Å². The second-order valence-corrected chi connectivity index (χ2v) is 4.28. The van der Waals surface area contributed by atoms with Crippen molar-refractivity contribution in [3.8, 4) is 5.75 Å². The molecule has 4 nitrogen and oxygen atoms in total. The third kappa shape index (κ3) is 2.22. The monoisotopic (exact) mass is 229 g/mol. The van der Waals surface area contributed by atoms with Crippen LogP contribution >= 0.6 is 0 Å². The molecular formula is C13H15N3O. The van der Waals surface area contributed by atoms with E-state index in [1.807, 2.05) is 24.4 Å². The molecule has 3 rings (SSSR count). The van der Waals surface area contributed by atoms with Gasteiger partial charge in [-0.1, -0.05) is 6.07 Å². The van der Waals surface area contributed by atoms with E-state index in [0.29, 0.717) is 6.10 Å². The van der Waals surface area contributed by atoms with Crippen LogP contribution in [0.2, 0.25) is 0 Å². The molecule has 0 bridgehead atoms. The normalized spacial score (nSPS) is 17.2. The van der Waals surface area contributed by atoms with Crippen molar-refractivity contribution in [1.82, 2.24) is 15.3 Å². The Morgan fingerprint density at radius 1 is 1.24 bits per heavy atom. The molecule has 1 fully saturated rings. The van der Waals surface area contributed by atoms with Crippen molar-refractivity contribution < 1.29 is 4.74 Å². The third-order valence-corrected chi connectivity index (χ3v) is 3.09. The highest BCUT2D eigenvalue weighted by Gasteiger charge is 2.15. The van der Waals surface area contributed by atoms with Gasteiger partial charge in [0.15, 0.2) is 0 Å². The van der Waals surface area contributed by atoms with E-state index in [4.69, 9.17) is 4.74 Å². The molecule has 2 heterocycles. The molecule has 88 valence electrons. The van der Waals surface area contributed by atoms with Crippen LogP contribution in [0.4, 0.5) is 0 Å². The number of rotatable bonds is 2. The van der Waals surface area contributed by atoms with E-state index in [1.54, 1.807) is 6.33 Å². The molecule has 2 aromatic rings. The van der Waals surface area contributed by atoms with Gasteiger partial charge in [0.05, 0.1) is 10.9 Å². The Bertz CT molecular complexity index is 503. The average Bonchev–Trinajstić information content (AvgIpc) is 2.40. The van der Waals surface area contributed by atoms with Crippen LogP contribution in [0.1, 0.15) is 12.8 Å². The SMILES string of the molecule is c1cc(OC2CCNCC2)c2cncnc2c1. The van der Waals surface area contributed by atoms with E-state index in [2.05, 4.69) is 15.3 Å². The zero-order valence-electron chi connectivity index (χ0n) is 9.60. The standard InChI is InChI=1S/C13H15N3O/c1-2-12-11(8-15-9-16-12)13(3-1)17-10-4-6-14-7-5-10/h1-3,8-10,14H,4-7H2. The van der Waals surface area contributed by atoms with Crippen molar-refractivity contribution in [3.05, 3.63) is 30.7 Å². The van der Waals surface area contributed by atoms with Gasteiger partial charge in [0.2, 0.25) is 0 Å². The van der Waals surface area contributed by atoms with E-state index < -0.39 is 0 Å². The first-order valence-electron chi connectivity index (χ1n) is 5.99. The maximum atomic E-state index is 6.05. The van der Waals surface area contributed by atoms with Crippen molar-refractivity contribution in [2.24, 2.45) is 0 Å². The molecule has 1 aromatic heterocycles. The maximum absolute atomic E-state index is 6.05. The fraction of sp³-hybridized carbons (Fsp3) is 0.385. The number of benzene rings is 1. The van der Waals surface area contributed by atoms with E-state index in [9.17, 15) is 0 Å². The largest absolute Gasteiger partial charge is 0.490 e. The van der Waals surface area contributed by atoms with Crippen LogP contribution in [-0.2, 0) is 0 Å². The zero-order chi connectivity index (χ0) is 11.5. The molecule has 0 saturated carbocycles. The molecule has 17 heavy (non-hydrogen) atoms. The Hall–Kier alpha value is -1.68. The highest BCUT2D eigenvalue weighted by molar-refractivity contribution is 5.83. The fourth-order valence-electron chi connectivity index (χ4n) is 2.17. The summed E-state index contributed by atoms with van der Waals surface area (Å²) in [6.45, 7) is 2.07. The Morgan fingerprint density at radius 2 is 2.12 bits per heavy atom. The number of piperidine rings is 1. The van der Waals surface area contributed by atoms with Crippen molar-refractivity contribution >= 4 is 10.9 Å². The number of ether oxygens (including phenoxy) is 1. The number of hydrogen-bond acceptors (Lipinski definition) is 4. The summed E-state index contributed by atoms with van der Waals surface area (Å²) in [6.07, 6.45) is 5.81. The quantitative estimate of drug-likeness (QED) is 0.852. The molecule has 0 aliphatic carbocycles. The molecule has 0 unspecified atom stereocenters. The second kappa shape index (κ2) is 4.67. The van der Waals surface area contributed by atoms with Gasteiger partial charge >= 0.3 is 0 Å². The number of nitrogens with one attached hydrogen (secondary N) is 1. The smallest absolute Gasteiger partial charge is 0.130 e. The first kappa shape index (κ1) is 10.5. The van der Waals surface area contributed by atoms with Gasteiger partial charge in [-0.15, -0.1) is 0 Å². The zero-order valence-corrected chi connectivity index (χ0v) is 9.60. The van der Waals surface area contributed by atoms with E-state index in [0.717, 1.165) is 42.6 Å². The fourth-order valence-corrected chi connectivity index (χ4v) is 2.17. The Morgan fingerprint density at radius 3 is 3.00 bits per heavy atom. The molecule has 0 spiro atoms. The van der Waals surface area contributed by atoms with Gasteiger partial charge in [0.1, 0.15) is 18.2 Å².